The van der Waals surface area contributed by atoms with E-state index in [-0.39, 0.29) is 17.8 Å². The summed E-state index contributed by atoms with van der Waals surface area (Å²) in [6.07, 6.45) is 3.63. The Bertz CT molecular complexity index is 620. The topological polar surface area (TPSA) is 42.1 Å². The Morgan fingerprint density at radius 3 is 3.16 bits per heavy atom. The van der Waals surface area contributed by atoms with Gasteiger partial charge in [0.1, 0.15) is 0 Å². The molecule has 1 saturated heterocycles. The van der Waals surface area contributed by atoms with Gasteiger partial charge in [-0.25, -0.2) is 0 Å². The molecule has 2 heterocycles. The second-order valence-corrected chi connectivity index (χ2v) is 5.88. The fourth-order valence-corrected chi connectivity index (χ4v) is 3.21. The monoisotopic (exact) mass is 321 g/mol. The van der Waals surface area contributed by atoms with E-state index in [4.69, 9.17) is 4.74 Å². The van der Waals surface area contributed by atoms with Crippen LogP contribution in [-0.2, 0) is 4.74 Å². The number of ether oxygens (including phenoxy) is 1. The lowest BCUT2D eigenvalue weighted by atomic mass is 9.90. The summed E-state index contributed by atoms with van der Waals surface area (Å²) in [6, 6.07) is 5.95. The molecular formula is C15H16BrNO2. The quantitative estimate of drug-likeness (QED) is 0.870. The van der Waals surface area contributed by atoms with E-state index >= 15 is 0 Å². The maximum absolute atomic E-state index is 12.7. The number of halogens is 1. The number of fused-ring (bicyclic) bond motifs is 1. The van der Waals surface area contributed by atoms with Crippen LogP contribution in [-0.4, -0.2) is 23.5 Å². The molecular weight excluding hydrogens is 306 g/mol. The lowest BCUT2D eigenvalue weighted by Crippen LogP contribution is -2.23. The number of nitrogens with one attached hydrogen (secondary N) is 1. The molecule has 0 spiro atoms. The Balaban J connectivity index is 1.98. The molecule has 1 aromatic heterocycles. The summed E-state index contributed by atoms with van der Waals surface area (Å²) >= 11 is 3.44. The fourth-order valence-electron chi connectivity index (χ4n) is 2.85. The zero-order valence-electron chi connectivity index (χ0n) is 10.8. The molecule has 0 amide bonds. The van der Waals surface area contributed by atoms with Crippen LogP contribution in [0.5, 0.6) is 0 Å². The van der Waals surface area contributed by atoms with Crippen LogP contribution >= 0.6 is 15.9 Å². The number of aromatic nitrogens is 1. The smallest absolute Gasteiger partial charge is 0.170 e. The van der Waals surface area contributed by atoms with Crippen LogP contribution in [0.25, 0.3) is 10.9 Å². The SMILES string of the molecule is CCC1OCCC1C(=O)c1c[nH]c2cc(Br)ccc12. The Hall–Kier alpha value is -1.13. The number of Topliss-reactive ketones (excluding diaryl/α,β-unsaturated/α-hetero) is 1. The summed E-state index contributed by atoms with van der Waals surface area (Å²) < 4.78 is 6.64. The predicted molar refractivity (Wildman–Crippen MR) is 78.5 cm³/mol. The normalized spacial score (nSPS) is 23.1. The number of rotatable bonds is 3. The molecule has 3 rings (SSSR count). The molecule has 19 heavy (non-hydrogen) atoms. The summed E-state index contributed by atoms with van der Waals surface area (Å²) in [5, 5.41) is 0.995. The number of H-pyrrole nitrogens is 1. The van der Waals surface area contributed by atoms with Crippen molar-refractivity contribution in [2.24, 2.45) is 5.92 Å². The van der Waals surface area contributed by atoms with Gasteiger partial charge in [-0.15, -0.1) is 0 Å². The molecule has 2 unspecified atom stereocenters. The van der Waals surface area contributed by atoms with Crippen molar-refractivity contribution in [3.05, 3.63) is 34.4 Å². The molecule has 2 atom stereocenters. The van der Waals surface area contributed by atoms with Crippen molar-refractivity contribution in [3.8, 4) is 0 Å². The van der Waals surface area contributed by atoms with Gasteiger partial charge >= 0.3 is 0 Å². The van der Waals surface area contributed by atoms with E-state index in [1.54, 1.807) is 0 Å². The number of ketones is 1. The maximum Gasteiger partial charge on any atom is 0.170 e. The first-order valence-corrected chi connectivity index (χ1v) is 7.42. The number of benzene rings is 1. The number of carbonyl (C=O) groups is 1. The number of hydrogen-bond donors (Lipinski definition) is 1. The van der Waals surface area contributed by atoms with Crippen LogP contribution < -0.4 is 0 Å². The zero-order chi connectivity index (χ0) is 13.4. The van der Waals surface area contributed by atoms with Gasteiger partial charge in [0.05, 0.1) is 12.0 Å². The highest BCUT2D eigenvalue weighted by Crippen LogP contribution is 2.30. The molecule has 1 aliphatic rings. The van der Waals surface area contributed by atoms with Crippen LogP contribution in [0.15, 0.2) is 28.9 Å². The van der Waals surface area contributed by atoms with Gasteiger partial charge < -0.3 is 9.72 Å². The minimum absolute atomic E-state index is 0.00708. The number of carbonyl (C=O) groups excluding carboxylic acids is 1. The van der Waals surface area contributed by atoms with E-state index in [0.29, 0.717) is 6.61 Å². The summed E-state index contributed by atoms with van der Waals surface area (Å²) in [4.78, 5) is 15.8. The highest BCUT2D eigenvalue weighted by Gasteiger charge is 2.34. The largest absolute Gasteiger partial charge is 0.377 e. The Labute approximate surface area is 120 Å². The average Bonchev–Trinajstić information content (AvgIpc) is 3.03. The van der Waals surface area contributed by atoms with Crippen LogP contribution in [0.3, 0.4) is 0 Å². The third-order valence-corrected chi connectivity index (χ3v) is 4.35. The highest BCUT2D eigenvalue weighted by atomic mass is 79.9. The van der Waals surface area contributed by atoms with Gasteiger partial charge in [0.15, 0.2) is 5.78 Å². The van der Waals surface area contributed by atoms with Gasteiger partial charge in [-0.05, 0) is 25.0 Å². The average molecular weight is 322 g/mol. The van der Waals surface area contributed by atoms with Gasteiger partial charge in [-0.1, -0.05) is 28.9 Å². The van der Waals surface area contributed by atoms with Crippen molar-refractivity contribution in [2.75, 3.05) is 6.61 Å². The summed E-state index contributed by atoms with van der Waals surface area (Å²) in [7, 11) is 0. The molecule has 0 bridgehead atoms. The van der Waals surface area contributed by atoms with Crippen LogP contribution in [0.2, 0.25) is 0 Å². The molecule has 0 aliphatic carbocycles. The fraction of sp³-hybridized carbons (Fsp3) is 0.400. The first-order chi connectivity index (χ1) is 9.20. The first-order valence-electron chi connectivity index (χ1n) is 6.63. The summed E-state index contributed by atoms with van der Waals surface area (Å²) in [5.74, 6) is 0.213. The van der Waals surface area contributed by atoms with Crippen molar-refractivity contribution in [2.45, 2.75) is 25.9 Å². The minimum atomic E-state index is 0.00708. The zero-order valence-corrected chi connectivity index (χ0v) is 12.4. The summed E-state index contributed by atoms with van der Waals surface area (Å²) in [5.41, 5.74) is 1.78. The molecule has 100 valence electrons. The van der Waals surface area contributed by atoms with Gasteiger partial charge in [-0.2, -0.15) is 0 Å². The van der Waals surface area contributed by atoms with Crippen molar-refractivity contribution in [3.63, 3.8) is 0 Å². The van der Waals surface area contributed by atoms with Crippen LogP contribution in [0.1, 0.15) is 30.1 Å². The molecule has 4 heteroatoms. The molecule has 2 aromatic rings. The van der Waals surface area contributed by atoms with Gasteiger partial charge in [0.25, 0.3) is 0 Å². The second-order valence-electron chi connectivity index (χ2n) is 4.97. The Morgan fingerprint density at radius 1 is 1.53 bits per heavy atom. The Morgan fingerprint density at radius 2 is 2.37 bits per heavy atom. The Kier molecular flexibility index (Phi) is 3.46. The van der Waals surface area contributed by atoms with E-state index in [2.05, 4.69) is 27.8 Å². The lowest BCUT2D eigenvalue weighted by molar-refractivity contribution is 0.0690. The number of hydrogen-bond acceptors (Lipinski definition) is 2. The summed E-state index contributed by atoms with van der Waals surface area (Å²) in [6.45, 7) is 2.77. The molecule has 0 saturated carbocycles. The van der Waals surface area contributed by atoms with Crippen molar-refractivity contribution >= 4 is 32.6 Å². The van der Waals surface area contributed by atoms with E-state index in [9.17, 15) is 4.79 Å². The van der Waals surface area contributed by atoms with E-state index < -0.39 is 0 Å². The second kappa shape index (κ2) is 5.10. The molecule has 1 fully saturated rings. The van der Waals surface area contributed by atoms with E-state index in [1.807, 2.05) is 24.4 Å². The van der Waals surface area contributed by atoms with Crippen LogP contribution in [0, 0.1) is 5.92 Å². The van der Waals surface area contributed by atoms with Crippen molar-refractivity contribution < 1.29 is 9.53 Å². The lowest BCUT2D eigenvalue weighted by Gasteiger charge is -2.14. The highest BCUT2D eigenvalue weighted by molar-refractivity contribution is 9.10. The van der Waals surface area contributed by atoms with Crippen molar-refractivity contribution in [1.29, 1.82) is 0 Å². The predicted octanol–water partition coefficient (Wildman–Crippen LogP) is 3.93. The third-order valence-electron chi connectivity index (χ3n) is 3.86. The van der Waals surface area contributed by atoms with E-state index in [0.717, 1.165) is 33.8 Å². The molecule has 1 aromatic carbocycles. The van der Waals surface area contributed by atoms with Gasteiger partial charge in [0.2, 0.25) is 0 Å². The van der Waals surface area contributed by atoms with Gasteiger partial charge in [-0.3, -0.25) is 4.79 Å². The molecule has 1 aliphatic heterocycles. The number of aromatic amines is 1. The minimum Gasteiger partial charge on any atom is -0.377 e. The third kappa shape index (κ3) is 2.23. The standard InChI is InChI=1S/C15H16BrNO2/c1-2-14-11(5-6-19-14)15(18)12-8-17-13-7-9(16)3-4-10(12)13/h3-4,7-8,11,14,17H,2,5-6H2,1H3. The molecule has 0 radical (unpaired) electrons. The maximum atomic E-state index is 12.7. The van der Waals surface area contributed by atoms with Crippen molar-refractivity contribution in [1.82, 2.24) is 4.98 Å². The van der Waals surface area contributed by atoms with E-state index in [1.165, 1.54) is 0 Å². The first kappa shape index (κ1) is 12.9. The molecule has 3 nitrogen and oxygen atoms in total. The van der Waals surface area contributed by atoms with Gasteiger partial charge in [0, 0.05) is 33.7 Å². The molecule has 1 N–H and O–H groups in total. The van der Waals surface area contributed by atoms with Crippen LogP contribution in [0.4, 0.5) is 0 Å².